The predicted octanol–water partition coefficient (Wildman–Crippen LogP) is 0.536. The van der Waals surface area contributed by atoms with Crippen LogP contribution >= 0.6 is 0 Å². The number of nitrogens with zero attached hydrogens (tertiary/aromatic N) is 1. The summed E-state index contributed by atoms with van der Waals surface area (Å²) in [6.07, 6.45) is 0. The van der Waals surface area contributed by atoms with Crippen molar-refractivity contribution in [2.75, 3.05) is 0 Å². The van der Waals surface area contributed by atoms with Gasteiger partial charge in [0.25, 0.3) is 5.91 Å². The Labute approximate surface area is 87.7 Å². The van der Waals surface area contributed by atoms with Crippen molar-refractivity contribution in [1.29, 1.82) is 0 Å². The van der Waals surface area contributed by atoms with Crippen LogP contribution in [0.1, 0.15) is 23.1 Å². The molecule has 0 spiro atoms. The number of rotatable bonds is 3. The highest BCUT2D eigenvalue weighted by Gasteiger charge is 2.17. The zero-order valence-electron chi connectivity index (χ0n) is 8.94. The van der Waals surface area contributed by atoms with Crippen molar-refractivity contribution in [3.8, 4) is 0 Å². The highest BCUT2D eigenvalue weighted by Crippen LogP contribution is 2.05. The maximum absolute atomic E-state index is 11.6. The van der Waals surface area contributed by atoms with Crippen LogP contribution in [0.4, 0.5) is 0 Å². The molecule has 1 heterocycles. The third-order valence-electron chi connectivity index (χ3n) is 2.32. The first-order valence-electron chi connectivity index (χ1n) is 4.59. The molecule has 5 nitrogen and oxygen atoms in total. The second-order valence-electron chi connectivity index (χ2n) is 3.45. The summed E-state index contributed by atoms with van der Waals surface area (Å²) in [4.78, 5) is 22.1. The fourth-order valence-electron chi connectivity index (χ4n) is 1.17. The van der Waals surface area contributed by atoms with E-state index >= 15 is 0 Å². The van der Waals surface area contributed by atoms with E-state index in [-0.39, 0.29) is 5.91 Å². The zero-order chi connectivity index (χ0) is 11.6. The fraction of sp³-hybridized carbons (Fsp3) is 0.400. The number of carboxylic acids is 1. The van der Waals surface area contributed by atoms with E-state index in [1.54, 1.807) is 23.7 Å². The topological polar surface area (TPSA) is 71.3 Å². The molecule has 0 bridgehead atoms. The SMILES string of the molecule is Cc1ccc(C(=O)N[C@@H](C)C(=O)O)n1C. The number of carbonyl (C=O) groups is 2. The summed E-state index contributed by atoms with van der Waals surface area (Å²) in [5.41, 5.74) is 1.41. The summed E-state index contributed by atoms with van der Waals surface area (Å²) in [6, 6.07) is 2.59. The molecule has 1 aromatic heterocycles. The smallest absolute Gasteiger partial charge is 0.325 e. The minimum atomic E-state index is -1.05. The summed E-state index contributed by atoms with van der Waals surface area (Å²) in [7, 11) is 1.76. The Balaban J connectivity index is 2.78. The molecular weight excluding hydrogens is 196 g/mol. The van der Waals surface area contributed by atoms with E-state index < -0.39 is 12.0 Å². The van der Waals surface area contributed by atoms with Gasteiger partial charge in [0.2, 0.25) is 0 Å². The van der Waals surface area contributed by atoms with Crippen LogP contribution < -0.4 is 5.32 Å². The molecule has 5 heteroatoms. The van der Waals surface area contributed by atoms with Crippen LogP contribution in [0.3, 0.4) is 0 Å². The summed E-state index contributed by atoms with van der Waals surface area (Å²) in [6.45, 7) is 3.30. The molecule has 1 aromatic rings. The van der Waals surface area contributed by atoms with E-state index in [9.17, 15) is 9.59 Å². The van der Waals surface area contributed by atoms with Gasteiger partial charge in [0.15, 0.2) is 0 Å². The second kappa shape index (κ2) is 4.16. The first kappa shape index (κ1) is 11.3. The average molecular weight is 210 g/mol. The molecule has 0 radical (unpaired) electrons. The minimum absolute atomic E-state index is 0.375. The summed E-state index contributed by atoms with van der Waals surface area (Å²) < 4.78 is 1.71. The van der Waals surface area contributed by atoms with Crippen LogP contribution in [0.5, 0.6) is 0 Å². The summed E-state index contributed by atoms with van der Waals surface area (Å²) in [5.74, 6) is -1.42. The molecule has 0 fully saturated rings. The first-order valence-corrected chi connectivity index (χ1v) is 4.59. The van der Waals surface area contributed by atoms with Crippen molar-refractivity contribution in [3.05, 3.63) is 23.5 Å². The van der Waals surface area contributed by atoms with Gasteiger partial charge < -0.3 is 15.0 Å². The number of hydrogen-bond acceptors (Lipinski definition) is 2. The van der Waals surface area contributed by atoms with Crippen molar-refractivity contribution in [2.24, 2.45) is 7.05 Å². The van der Waals surface area contributed by atoms with E-state index in [1.165, 1.54) is 6.92 Å². The normalized spacial score (nSPS) is 12.2. The van der Waals surface area contributed by atoms with E-state index in [4.69, 9.17) is 5.11 Å². The lowest BCUT2D eigenvalue weighted by atomic mass is 10.3. The minimum Gasteiger partial charge on any atom is -0.480 e. The summed E-state index contributed by atoms with van der Waals surface area (Å²) >= 11 is 0. The molecule has 0 aliphatic heterocycles. The lowest BCUT2D eigenvalue weighted by molar-refractivity contribution is -0.138. The number of carbonyl (C=O) groups excluding carboxylic acids is 1. The van der Waals surface area contributed by atoms with Gasteiger partial charge in [0.05, 0.1) is 0 Å². The Morgan fingerprint density at radius 3 is 2.47 bits per heavy atom. The largest absolute Gasteiger partial charge is 0.480 e. The molecular formula is C10H14N2O3. The van der Waals surface area contributed by atoms with Gasteiger partial charge in [-0.05, 0) is 26.0 Å². The van der Waals surface area contributed by atoms with Crippen molar-refractivity contribution >= 4 is 11.9 Å². The molecule has 82 valence electrons. The van der Waals surface area contributed by atoms with E-state index in [0.29, 0.717) is 5.69 Å². The Kier molecular flexibility index (Phi) is 3.14. The number of nitrogens with one attached hydrogen (secondary N) is 1. The number of carboxylic acid groups (broad SMARTS) is 1. The van der Waals surface area contributed by atoms with Gasteiger partial charge in [-0.3, -0.25) is 9.59 Å². The second-order valence-corrected chi connectivity index (χ2v) is 3.45. The number of amides is 1. The van der Waals surface area contributed by atoms with Crippen LogP contribution in [0.2, 0.25) is 0 Å². The Morgan fingerprint density at radius 1 is 1.47 bits per heavy atom. The maximum atomic E-state index is 11.6. The van der Waals surface area contributed by atoms with Gasteiger partial charge in [0.1, 0.15) is 11.7 Å². The molecule has 1 atom stereocenters. The van der Waals surface area contributed by atoms with Crippen molar-refractivity contribution in [1.82, 2.24) is 9.88 Å². The van der Waals surface area contributed by atoms with Crippen LogP contribution in [-0.2, 0) is 11.8 Å². The first-order chi connectivity index (χ1) is 6.93. The molecule has 0 aromatic carbocycles. The van der Waals surface area contributed by atoms with Crippen LogP contribution in [0, 0.1) is 6.92 Å². The fourth-order valence-corrected chi connectivity index (χ4v) is 1.17. The molecule has 0 unspecified atom stereocenters. The predicted molar refractivity (Wildman–Crippen MR) is 54.7 cm³/mol. The standard InChI is InChI=1S/C10H14N2O3/c1-6-4-5-8(12(6)3)9(13)11-7(2)10(14)15/h4-5,7H,1-3H3,(H,11,13)(H,14,15)/t7-/m0/s1. The molecule has 2 N–H and O–H groups in total. The van der Waals surface area contributed by atoms with Crippen molar-refractivity contribution in [2.45, 2.75) is 19.9 Å². The van der Waals surface area contributed by atoms with Gasteiger partial charge in [-0.25, -0.2) is 0 Å². The van der Waals surface area contributed by atoms with Gasteiger partial charge in [-0.2, -0.15) is 0 Å². The highest BCUT2D eigenvalue weighted by atomic mass is 16.4. The quantitative estimate of drug-likeness (QED) is 0.764. The maximum Gasteiger partial charge on any atom is 0.325 e. The molecule has 0 aliphatic rings. The molecule has 0 saturated carbocycles. The van der Waals surface area contributed by atoms with E-state index in [0.717, 1.165) is 5.69 Å². The Bertz CT molecular complexity index is 395. The molecule has 0 saturated heterocycles. The zero-order valence-corrected chi connectivity index (χ0v) is 8.94. The van der Waals surface area contributed by atoms with Crippen molar-refractivity contribution in [3.63, 3.8) is 0 Å². The molecule has 0 aliphatic carbocycles. The van der Waals surface area contributed by atoms with Crippen molar-refractivity contribution < 1.29 is 14.7 Å². The molecule has 1 rings (SSSR count). The highest BCUT2D eigenvalue weighted by molar-refractivity contribution is 5.95. The Morgan fingerprint density at radius 2 is 2.07 bits per heavy atom. The monoisotopic (exact) mass is 210 g/mol. The number of hydrogen-bond donors (Lipinski definition) is 2. The number of aryl methyl sites for hydroxylation is 1. The van der Waals surface area contributed by atoms with Gasteiger partial charge >= 0.3 is 5.97 Å². The number of aromatic nitrogens is 1. The Hall–Kier alpha value is -1.78. The molecule has 15 heavy (non-hydrogen) atoms. The third kappa shape index (κ3) is 2.37. The third-order valence-corrected chi connectivity index (χ3v) is 2.32. The average Bonchev–Trinajstić information content (AvgIpc) is 2.47. The van der Waals surface area contributed by atoms with Crippen LogP contribution in [0.25, 0.3) is 0 Å². The van der Waals surface area contributed by atoms with Crippen LogP contribution in [0.15, 0.2) is 12.1 Å². The van der Waals surface area contributed by atoms with E-state index in [2.05, 4.69) is 5.32 Å². The summed E-state index contributed by atoms with van der Waals surface area (Å²) in [5, 5.41) is 11.0. The lowest BCUT2D eigenvalue weighted by Crippen LogP contribution is -2.39. The number of aliphatic carboxylic acids is 1. The van der Waals surface area contributed by atoms with E-state index in [1.807, 2.05) is 6.92 Å². The van der Waals surface area contributed by atoms with Gasteiger partial charge in [-0.15, -0.1) is 0 Å². The lowest BCUT2D eigenvalue weighted by Gasteiger charge is -2.10. The molecule has 1 amide bonds. The van der Waals surface area contributed by atoms with Gasteiger partial charge in [-0.1, -0.05) is 0 Å². The van der Waals surface area contributed by atoms with Crippen LogP contribution in [-0.4, -0.2) is 27.6 Å². The van der Waals surface area contributed by atoms with Gasteiger partial charge in [0, 0.05) is 12.7 Å².